The molecule has 96 valence electrons. The number of aromatic carboxylic acids is 1. The number of hydrogen-bond donors (Lipinski definition) is 1. The van der Waals surface area contributed by atoms with Gasteiger partial charge in [-0.15, -0.1) is 0 Å². The number of carboxylic acids is 1. The number of carbonyl (C=O) groups is 3. The Balaban J connectivity index is 2.14. The fraction of sp³-hybridized carbons (Fsp3) is 0.364. The Morgan fingerprint density at radius 1 is 1.39 bits per heavy atom. The van der Waals surface area contributed by atoms with Gasteiger partial charge < -0.3 is 19.3 Å². The summed E-state index contributed by atoms with van der Waals surface area (Å²) in [5, 5.41) is 8.91. The zero-order chi connectivity index (χ0) is 13.3. The van der Waals surface area contributed by atoms with E-state index in [1.807, 2.05) is 0 Å². The molecule has 1 aromatic rings. The van der Waals surface area contributed by atoms with E-state index in [1.54, 1.807) is 7.05 Å². The minimum absolute atomic E-state index is 0.00193. The first-order chi connectivity index (χ1) is 8.49. The lowest BCUT2D eigenvalue weighted by Gasteiger charge is -2.31. The molecule has 1 N–H and O–H groups in total. The SMILES string of the molecule is CN1CC(=O)N(Cc2occc2C(=O)O)CC1=O. The van der Waals surface area contributed by atoms with Crippen molar-refractivity contribution in [1.82, 2.24) is 9.80 Å². The van der Waals surface area contributed by atoms with E-state index >= 15 is 0 Å². The average Bonchev–Trinajstić information content (AvgIpc) is 2.74. The van der Waals surface area contributed by atoms with Crippen LogP contribution in [0.25, 0.3) is 0 Å². The number of amides is 2. The van der Waals surface area contributed by atoms with Gasteiger partial charge in [-0.3, -0.25) is 9.59 Å². The Kier molecular flexibility index (Phi) is 3.05. The molecule has 1 saturated heterocycles. The standard InChI is InChI=1S/C11H12N2O5/c1-12-5-10(15)13(6-9(12)14)4-8-7(11(16)17)2-3-18-8/h2-3H,4-6H2,1H3,(H,16,17). The Bertz CT molecular complexity index is 507. The number of carbonyl (C=O) groups excluding carboxylic acids is 2. The van der Waals surface area contributed by atoms with Gasteiger partial charge in [0.2, 0.25) is 11.8 Å². The summed E-state index contributed by atoms with van der Waals surface area (Å²) in [6.45, 7) is -0.0654. The van der Waals surface area contributed by atoms with Crippen molar-refractivity contribution < 1.29 is 23.9 Å². The van der Waals surface area contributed by atoms with Gasteiger partial charge in [-0.25, -0.2) is 4.79 Å². The predicted molar refractivity (Wildman–Crippen MR) is 58.7 cm³/mol. The van der Waals surface area contributed by atoms with Crippen LogP contribution in [0, 0.1) is 0 Å². The molecule has 1 aliphatic heterocycles. The van der Waals surface area contributed by atoms with E-state index in [0.29, 0.717) is 0 Å². The van der Waals surface area contributed by atoms with Crippen molar-refractivity contribution in [3.05, 3.63) is 23.7 Å². The lowest BCUT2D eigenvalue weighted by molar-refractivity contribution is -0.149. The van der Waals surface area contributed by atoms with Crippen molar-refractivity contribution in [3.63, 3.8) is 0 Å². The van der Waals surface area contributed by atoms with Crippen LogP contribution in [0.5, 0.6) is 0 Å². The van der Waals surface area contributed by atoms with Gasteiger partial charge in [0.1, 0.15) is 17.9 Å². The van der Waals surface area contributed by atoms with Gasteiger partial charge in [0.15, 0.2) is 0 Å². The van der Waals surface area contributed by atoms with Crippen molar-refractivity contribution in [2.75, 3.05) is 20.1 Å². The summed E-state index contributed by atoms with van der Waals surface area (Å²) >= 11 is 0. The lowest BCUT2D eigenvalue weighted by Crippen LogP contribution is -2.51. The zero-order valence-corrected chi connectivity index (χ0v) is 9.75. The quantitative estimate of drug-likeness (QED) is 0.803. The van der Waals surface area contributed by atoms with E-state index in [9.17, 15) is 14.4 Å². The summed E-state index contributed by atoms with van der Waals surface area (Å²) in [5.74, 6) is -1.36. The van der Waals surface area contributed by atoms with Crippen LogP contribution in [0.2, 0.25) is 0 Å². The number of likely N-dealkylation sites (N-methyl/N-ethyl adjacent to an activating group) is 1. The van der Waals surface area contributed by atoms with Crippen LogP contribution >= 0.6 is 0 Å². The second kappa shape index (κ2) is 4.52. The molecule has 2 rings (SSSR count). The summed E-state index contributed by atoms with van der Waals surface area (Å²) in [6.07, 6.45) is 1.25. The highest BCUT2D eigenvalue weighted by Gasteiger charge is 2.29. The van der Waals surface area contributed by atoms with Gasteiger partial charge >= 0.3 is 5.97 Å². The van der Waals surface area contributed by atoms with Crippen molar-refractivity contribution >= 4 is 17.8 Å². The molecule has 0 unspecified atom stereocenters. The number of carboxylic acid groups (broad SMARTS) is 1. The molecule has 0 radical (unpaired) electrons. The van der Waals surface area contributed by atoms with Gasteiger partial charge in [0.25, 0.3) is 0 Å². The molecular formula is C11H12N2O5. The Morgan fingerprint density at radius 2 is 2.11 bits per heavy atom. The van der Waals surface area contributed by atoms with E-state index in [4.69, 9.17) is 9.52 Å². The topological polar surface area (TPSA) is 91.1 Å². The molecule has 0 bridgehead atoms. The summed E-state index contributed by atoms with van der Waals surface area (Å²) in [7, 11) is 1.55. The van der Waals surface area contributed by atoms with Crippen molar-refractivity contribution in [2.45, 2.75) is 6.54 Å². The number of rotatable bonds is 3. The van der Waals surface area contributed by atoms with E-state index < -0.39 is 5.97 Å². The molecule has 1 aliphatic rings. The highest BCUT2D eigenvalue weighted by molar-refractivity contribution is 5.93. The molecule has 0 atom stereocenters. The number of nitrogens with zero attached hydrogens (tertiary/aromatic N) is 2. The Hall–Kier alpha value is -2.31. The molecule has 1 fully saturated rings. The largest absolute Gasteiger partial charge is 0.478 e. The first kappa shape index (κ1) is 12.2. The molecule has 2 amide bonds. The molecular weight excluding hydrogens is 240 g/mol. The Labute approximate surface area is 103 Å². The van der Waals surface area contributed by atoms with Gasteiger partial charge in [-0.2, -0.15) is 0 Å². The smallest absolute Gasteiger partial charge is 0.339 e. The third-order valence-electron chi connectivity index (χ3n) is 2.79. The zero-order valence-electron chi connectivity index (χ0n) is 9.75. The van der Waals surface area contributed by atoms with Crippen LogP contribution < -0.4 is 0 Å². The van der Waals surface area contributed by atoms with Crippen LogP contribution in [0.4, 0.5) is 0 Å². The van der Waals surface area contributed by atoms with Crippen molar-refractivity contribution in [1.29, 1.82) is 0 Å². The first-order valence-electron chi connectivity index (χ1n) is 5.30. The Morgan fingerprint density at radius 3 is 2.78 bits per heavy atom. The normalized spacial score (nSPS) is 16.3. The number of piperazine rings is 1. The highest BCUT2D eigenvalue weighted by atomic mass is 16.4. The third kappa shape index (κ3) is 2.20. The summed E-state index contributed by atoms with van der Waals surface area (Å²) < 4.78 is 5.04. The number of hydrogen-bond acceptors (Lipinski definition) is 4. The molecule has 0 aliphatic carbocycles. The van der Waals surface area contributed by atoms with E-state index in [-0.39, 0.29) is 42.8 Å². The lowest BCUT2D eigenvalue weighted by atomic mass is 10.2. The average molecular weight is 252 g/mol. The maximum Gasteiger partial charge on any atom is 0.339 e. The second-order valence-electron chi connectivity index (χ2n) is 4.06. The molecule has 0 spiro atoms. The number of furan rings is 1. The monoisotopic (exact) mass is 252 g/mol. The van der Waals surface area contributed by atoms with E-state index in [2.05, 4.69) is 0 Å². The van der Waals surface area contributed by atoms with Crippen LogP contribution in [-0.4, -0.2) is 52.8 Å². The third-order valence-corrected chi connectivity index (χ3v) is 2.79. The van der Waals surface area contributed by atoms with Crippen molar-refractivity contribution in [2.24, 2.45) is 0 Å². The molecule has 18 heavy (non-hydrogen) atoms. The molecule has 1 aromatic heterocycles. The fourth-order valence-electron chi connectivity index (χ4n) is 1.73. The second-order valence-corrected chi connectivity index (χ2v) is 4.06. The van der Waals surface area contributed by atoms with E-state index in [0.717, 1.165) is 0 Å². The van der Waals surface area contributed by atoms with Gasteiger partial charge in [0.05, 0.1) is 19.4 Å². The summed E-state index contributed by atoms with van der Waals surface area (Å²) in [6, 6.07) is 1.32. The molecule has 7 heteroatoms. The van der Waals surface area contributed by atoms with E-state index in [1.165, 1.54) is 22.1 Å². The molecule has 7 nitrogen and oxygen atoms in total. The van der Waals surface area contributed by atoms with Crippen LogP contribution in [-0.2, 0) is 16.1 Å². The van der Waals surface area contributed by atoms with Crippen LogP contribution in [0.15, 0.2) is 16.7 Å². The maximum absolute atomic E-state index is 11.7. The minimum Gasteiger partial charge on any atom is -0.478 e. The van der Waals surface area contributed by atoms with Gasteiger partial charge in [0, 0.05) is 7.05 Å². The summed E-state index contributed by atoms with van der Waals surface area (Å²) in [5.41, 5.74) is 0.00850. The first-order valence-corrected chi connectivity index (χ1v) is 5.30. The van der Waals surface area contributed by atoms with Crippen LogP contribution in [0.3, 0.4) is 0 Å². The maximum atomic E-state index is 11.7. The highest BCUT2D eigenvalue weighted by Crippen LogP contribution is 2.15. The van der Waals surface area contributed by atoms with Gasteiger partial charge in [-0.1, -0.05) is 0 Å². The molecule has 2 heterocycles. The van der Waals surface area contributed by atoms with Crippen molar-refractivity contribution in [3.8, 4) is 0 Å². The fourth-order valence-corrected chi connectivity index (χ4v) is 1.73. The van der Waals surface area contributed by atoms with Crippen LogP contribution in [0.1, 0.15) is 16.1 Å². The molecule has 0 aromatic carbocycles. The summed E-state index contributed by atoms with van der Waals surface area (Å²) in [4.78, 5) is 36.7. The van der Waals surface area contributed by atoms with Gasteiger partial charge in [-0.05, 0) is 6.07 Å². The minimum atomic E-state index is -1.12. The predicted octanol–water partition coefficient (Wildman–Crippen LogP) is -0.222. The molecule has 0 saturated carbocycles.